The van der Waals surface area contributed by atoms with E-state index in [0.717, 1.165) is 18.8 Å². The number of cyclic esters (lactones) is 2. The molecule has 0 aromatic heterocycles. The first-order valence-corrected chi connectivity index (χ1v) is 30.8. The van der Waals surface area contributed by atoms with Crippen molar-refractivity contribution in [1.82, 2.24) is 0 Å². The number of phosphoric ester groups is 1. The van der Waals surface area contributed by atoms with Crippen molar-refractivity contribution in [3.8, 4) is 0 Å². The lowest BCUT2D eigenvalue weighted by atomic mass is 10.3. The zero-order chi connectivity index (χ0) is 44.4. The third-order valence-corrected chi connectivity index (χ3v) is 15.1. The highest BCUT2D eigenvalue weighted by molar-refractivity contribution is 7.91. The Hall–Kier alpha value is -0.823. The fourth-order valence-corrected chi connectivity index (χ4v) is 12.0. The molecule has 0 N–H and O–H groups in total. The van der Waals surface area contributed by atoms with Crippen LogP contribution in [-0.2, 0) is 124 Å². The Morgan fingerprint density at radius 1 is 0.776 bits per heavy atom. The van der Waals surface area contributed by atoms with Gasteiger partial charge in [-0.25, -0.2) is 43.0 Å². The van der Waals surface area contributed by atoms with Gasteiger partial charge in [0.05, 0.1) is 62.7 Å². The zero-order valence-electron chi connectivity index (χ0n) is 32.0. The second-order valence-electron chi connectivity index (χ2n) is 13.1. The molecule has 6 aliphatic rings. The molecule has 0 spiro atoms. The van der Waals surface area contributed by atoms with Crippen LogP contribution in [0.25, 0.3) is 0 Å². The van der Waals surface area contributed by atoms with Crippen molar-refractivity contribution in [3.63, 3.8) is 0 Å². The minimum Gasteiger partial charge on any atom is -0.430 e. The number of hydrogen-bond acceptors (Lipinski definition) is 26. The van der Waals surface area contributed by atoms with E-state index in [0.29, 0.717) is 19.8 Å². The molecule has 0 amide bonds. The minimum absolute atomic E-state index is 0.0157. The molecule has 0 bridgehead atoms. The average molecular weight is 1000 g/mol. The van der Waals surface area contributed by atoms with Crippen LogP contribution in [0.4, 0.5) is 4.79 Å². The summed E-state index contributed by atoms with van der Waals surface area (Å²) in [7, 11) is -21.0. The number of carbonyl (C=O) groups excluding carboxylic acids is 1. The molecule has 0 radical (unpaired) electrons. The molecule has 6 saturated heterocycles. The van der Waals surface area contributed by atoms with Crippen LogP contribution in [-0.4, -0.2) is 193 Å². The van der Waals surface area contributed by atoms with E-state index >= 15 is 0 Å². The quantitative estimate of drug-likeness (QED) is 0.0981. The summed E-state index contributed by atoms with van der Waals surface area (Å²) < 4.78 is 189. The van der Waals surface area contributed by atoms with E-state index in [1.54, 1.807) is 0 Å². The van der Waals surface area contributed by atoms with Crippen LogP contribution < -0.4 is 0 Å². The lowest BCUT2D eigenvalue weighted by Crippen LogP contribution is -2.30. The standard InChI is InChI=1S/C6H14O4SSi.C5H11O6PS.C5H8O6S.C4H8O6S2.C4H6O4S/c1-11(7,8)5-6-4-9-12(2,3)10-6;1-9-12(6)10-3-5(11-12)4-13(2,7)8;1-12(7,8)10-3-4-2-9-5(6)11-4;1-11(5,6)3-4-2-9-12(7,8)10-4;5-9-7-3-1-6-2-4(3)8-9/h6H,4-5H2,1-3H3;5H,3-4H2,1-2H3;2*4H,2-3H2,1H3;3-4H,1-2H2. The predicted octanol–water partition coefficient (Wildman–Crippen LogP) is -2.08. The molecule has 0 aromatic carbocycles. The maximum absolute atomic E-state index is 11.2. The number of hydrogen-bond donors (Lipinski definition) is 0. The van der Waals surface area contributed by atoms with E-state index in [9.17, 15) is 55.7 Å². The maximum Gasteiger partial charge on any atom is 0.508 e. The molecule has 344 valence electrons. The number of phosphoric acid groups is 1. The van der Waals surface area contributed by atoms with Gasteiger partial charge in [0.1, 0.15) is 67.1 Å². The molecule has 58 heavy (non-hydrogen) atoms. The Kier molecular flexibility index (Phi) is 20.2. The largest absolute Gasteiger partial charge is 0.508 e. The molecule has 7 unspecified atom stereocenters. The summed E-state index contributed by atoms with van der Waals surface area (Å²) >= 11 is -1.51. The second-order valence-corrected chi connectivity index (χ2v) is 28.4. The Morgan fingerprint density at radius 2 is 1.31 bits per heavy atom. The van der Waals surface area contributed by atoms with Crippen LogP contribution in [0.15, 0.2) is 0 Å². The Bertz CT molecular complexity index is 1990. The van der Waals surface area contributed by atoms with Crippen molar-refractivity contribution in [1.29, 1.82) is 0 Å². The molecule has 7 atom stereocenters. The average Bonchev–Trinajstić information content (AvgIpc) is 3.88. The van der Waals surface area contributed by atoms with Crippen molar-refractivity contribution in [2.75, 3.05) is 95.6 Å². The third-order valence-electron chi connectivity index (χ3n) is 6.61. The highest BCUT2D eigenvalue weighted by Gasteiger charge is 2.41. The fraction of sp³-hybridized carbons (Fsp3) is 0.958. The number of fused-ring (bicyclic) bond motifs is 1. The molecule has 0 saturated carbocycles. The van der Waals surface area contributed by atoms with Crippen LogP contribution in [0.1, 0.15) is 0 Å². The number of rotatable bonds is 10. The van der Waals surface area contributed by atoms with Gasteiger partial charge in [0, 0.05) is 25.9 Å². The zero-order valence-corrected chi connectivity index (χ0v) is 38.8. The van der Waals surface area contributed by atoms with Gasteiger partial charge in [0.2, 0.25) is 0 Å². The molecule has 0 aromatic rings. The van der Waals surface area contributed by atoms with Gasteiger partial charge in [-0.2, -0.15) is 21.0 Å². The first-order valence-electron chi connectivity index (χ1n) is 16.2. The van der Waals surface area contributed by atoms with Crippen molar-refractivity contribution >= 4 is 83.9 Å². The highest BCUT2D eigenvalue weighted by atomic mass is 32.3. The van der Waals surface area contributed by atoms with Crippen LogP contribution in [0.5, 0.6) is 0 Å². The van der Waals surface area contributed by atoms with Gasteiger partial charge in [-0.05, 0) is 13.1 Å². The molecule has 26 nitrogen and oxygen atoms in total. The van der Waals surface area contributed by atoms with Crippen LogP contribution in [0.3, 0.4) is 0 Å². The van der Waals surface area contributed by atoms with Crippen molar-refractivity contribution < 1.29 is 113 Å². The van der Waals surface area contributed by atoms with Gasteiger partial charge < -0.3 is 23.1 Å². The van der Waals surface area contributed by atoms with Gasteiger partial charge in [-0.1, -0.05) is 0 Å². The Morgan fingerprint density at radius 3 is 1.71 bits per heavy atom. The molecule has 6 rings (SSSR count). The van der Waals surface area contributed by atoms with Crippen molar-refractivity contribution in [3.05, 3.63) is 0 Å². The van der Waals surface area contributed by atoms with Gasteiger partial charge >= 0.3 is 44.3 Å². The summed E-state index contributed by atoms with van der Waals surface area (Å²) in [6, 6.07) is 0. The number of carbonyl (C=O) groups is 1. The van der Waals surface area contributed by atoms with E-state index in [-0.39, 0.29) is 62.0 Å². The van der Waals surface area contributed by atoms with Gasteiger partial charge in [0.25, 0.3) is 10.1 Å². The lowest BCUT2D eigenvalue weighted by Gasteiger charge is -2.13. The highest BCUT2D eigenvalue weighted by Crippen LogP contribution is 2.54. The third kappa shape index (κ3) is 23.4. The minimum atomic E-state index is -3.93. The molecule has 6 heterocycles. The van der Waals surface area contributed by atoms with Crippen LogP contribution >= 0.6 is 7.82 Å². The van der Waals surface area contributed by atoms with Gasteiger partial charge in [-0.15, -0.1) is 0 Å². The van der Waals surface area contributed by atoms with Crippen LogP contribution in [0.2, 0.25) is 13.1 Å². The summed E-state index contributed by atoms with van der Waals surface area (Å²) in [6.45, 7) is 4.87. The fourth-order valence-electron chi connectivity index (χ4n) is 4.47. The molecular weight excluding hydrogens is 956 g/mol. The molecular formula is C24H47O26PS6Si. The first-order chi connectivity index (χ1) is 26.2. The second kappa shape index (κ2) is 22.0. The van der Waals surface area contributed by atoms with E-state index in [2.05, 4.69) is 26.5 Å². The molecule has 6 fully saturated rings. The normalized spacial score (nSPS) is 32.4. The van der Waals surface area contributed by atoms with Gasteiger partial charge in [-0.3, -0.25) is 26.1 Å². The summed E-state index contributed by atoms with van der Waals surface area (Å²) in [5, 5.41) is 0. The topological polar surface area (TPSA) is 342 Å². The van der Waals surface area contributed by atoms with E-state index in [1.165, 1.54) is 13.4 Å². The number of ether oxygens (including phenoxy) is 3. The van der Waals surface area contributed by atoms with E-state index < -0.39 is 102 Å². The summed E-state index contributed by atoms with van der Waals surface area (Å²) in [4.78, 5) is 10.3. The van der Waals surface area contributed by atoms with E-state index in [4.69, 9.17) is 31.0 Å². The monoisotopic (exact) mass is 1000 g/mol. The summed E-state index contributed by atoms with van der Waals surface area (Å²) in [5.74, 6) is -0.476. The molecule has 0 aliphatic carbocycles. The lowest BCUT2D eigenvalue weighted by molar-refractivity contribution is 0.0998. The first kappa shape index (κ1) is 53.3. The Labute approximate surface area is 340 Å². The molecule has 34 heteroatoms. The predicted molar refractivity (Wildman–Crippen MR) is 198 cm³/mol. The van der Waals surface area contributed by atoms with Crippen molar-refractivity contribution in [2.24, 2.45) is 0 Å². The van der Waals surface area contributed by atoms with Gasteiger partial charge in [0.15, 0.2) is 6.10 Å². The van der Waals surface area contributed by atoms with Crippen molar-refractivity contribution in [2.45, 2.75) is 49.7 Å². The Balaban J connectivity index is 0.000000251. The molecule has 6 aliphatic heterocycles. The SMILES string of the molecule is COP1(=O)OCC(CS(C)(=O)=O)O1.CS(=O)(=O)CC1COS(=O)(=O)O1.CS(=O)(=O)OCC1COC(=O)O1.C[Si]1(C)OCC(CS(C)(=O)=O)O1.O=S1OC2COCC2O1. The smallest absolute Gasteiger partial charge is 0.430 e. The summed E-state index contributed by atoms with van der Waals surface area (Å²) in [6.07, 6.45) is 0.773. The van der Waals surface area contributed by atoms with Crippen LogP contribution in [0, 0.1) is 0 Å². The maximum atomic E-state index is 11.2. The number of sulfone groups is 3. The summed E-state index contributed by atoms with van der Waals surface area (Å²) in [5.41, 5.74) is 0. The van der Waals surface area contributed by atoms with E-state index in [1.807, 2.05) is 13.1 Å².